The van der Waals surface area contributed by atoms with Gasteiger partial charge in [0.25, 0.3) is 0 Å². The van der Waals surface area contributed by atoms with E-state index in [0.717, 1.165) is 11.1 Å². The van der Waals surface area contributed by atoms with Gasteiger partial charge in [-0.3, -0.25) is 4.79 Å². The van der Waals surface area contributed by atoms with Crippen LogP contribution in [0.3, 0.4) is 0 Å². The molecule has 0 aliphatic rings. The highest BCUT2D eigenvalue weighted by atomic mass is 16.1. The fraction of sp³-hybridized carbons (Fsp3) is 0.467. The predicted octanol–water partition coefficient (Wildman–Crippen LogP) is 4.03. The Labute approximate surface area is 103 Å². The number of benzene rings is 1. The van der Waals surface area contributed by atoms with Crippen molar-refractivity contribution in [3.63, 3.8) is 0 Å². The lowest BCUT2D eigenvalue weighted by Crippen LogP contribution is -2.06. The summed E-state index contributed by atoms with van der Waals surface area (Å²) in [7, 11) is 0. The number of hydrogen-bond acceptors (Lipinski definition) is 2. The van der Waals surface area contributed by atoms with Crippen molar-refractivity contribution in [3.8, 4) is 6.07 Å². The molecule has 17 heavy (non-hydrogen) atoms. The van der Waals surface area contributed by atoms with Gasteiger partial charge in [-0.2, -0.15) is 5.26 Å². The Morgan fingerprint density at radius 3 is 2.35 bits per heavy atom. The highest BCUT2D eigenvalue weighted by molar-refractivity contribution is 5.99. The summed E-state index contributed by atoms with van der Waals surface area (Å²) in [6.07, 6.45) is -0.0404. The fourth-order valence-corrected chi connectivity index (χ4v) is 1.84. The topological polar surface area (TPSA) is 40.9 Å². The molecule has 0 heterocycles. The summed E-state index contributed by atoms with van der Waals surface area (Å²) in [5.41, 5.74) is 2.90. The Kier molecular flexibility index (Phi) is 4.45. The first kappa shape index (κ1) is 13.4. The molecule has 0 radical (unpaired) electrons. The second kappa shape index (κ2) is 5.63. The molecule has 2 nitrogen and oxygen atoms in total. The molecule has 0 spiro atoms. The Morgan fingerprint density at radius 2 is 1.88 bits per heavy atom. The number of hydrogen-bond donors (Lipinski definition) is 0. The lowest BCUT2D eigenvalue weighted by Gasteiger charge is -2.14. The van der Waals surface area contributed by atoms with Crippen LogP contribution in [0, 0.1) is 11.3 Å². The van der Waals surface area contributed by atoms with Crippen LogP contribution in [0.1, 0.15) is 67.4 Å². The first-order valence-electron chi connectivity index (χ1n) is 6.01. The molecule has 0 saturated heterocycles. The van der Waals surface area contributed by atoms with Gasteiger partial charge in [-0.05, 0) is 29.0 Å². The summed E-state index contributed by atoms with van der Waals surface area (Å²) >= 11 is 0. The van der Waals surface area contributed by atoms with E-state index >= 15 is 0 Å². The zero-order valence-electron chi connectivity index (χ0n) is 10.9. The smallest absolute Gasteiger partial charge is 0.177 e. The van der Waals surface area contributed by atoms with Crippen molar-refractivity contribution in [2.45, 2.75) is 46.0 Å². The molecule has 1 aromatic rings. The van der Waals surface area contributed by atoms with Crippen LogP contribution < -0.4 is 0 Å². The summed E-state index contributed by atoms with van der Waals surface area (Å²) in [4.78, 5) is 11.9. The maximum atomic E-state index is 11.9. The molecule has 2 heteroatoms. The van der Waals surface area contributed by atoms with Crippen LogP contribution in [-0.4, -0.2) is 5.78 Å². The van der Waals surface area contributed by atoms with E-state index in [1.54, 1.807) is 0 Å². The number of nitriles is 1. The van der Waals surface area contributed by atoms with Gasteiger partial charge in [0.1, 0.15) is 0 Å². The number of Topliss-reactive ketones (excluding diaryl/α,β-unsaturated/α-hetero) is 1. The Bertz CT molecular complexity index is 452. The lowest BCUT2D eigenvalue weighted by atomic mass is 9.89. The van der Waals surface area contributed by atoms with Gasteiger partial charge in [-0.25, -0.2) is 0 Å². The molecule has 0 saturated carbocycles. The molecule has 1 rings (SSSR count). The summed E-state index contributed by atoms with van der Waals surface area (Å²) in [6, 6.07) is 7.97. The highest BCUT2D eigenvalue weighted by Gasteiger charge is 2.15. The van der Waals surface area contributed by atoms with Crippen LogP contribution >= 0.6 is 0 Å². The molecule has 0 aliphatic carbocycles. The van der Waals surface area contributed by atoms with Crippen molar-refractivity contribution in [1.82, 2.24) is 0 Å². The van der Waals surface area contributed by atoms with Crippen molar-refractivity contribution >= 4 is 5.78 Å². The van der Waals surface area contributed by atoms with Gasteiger partial charge in [0.2, 0.25) is 0 Å². The van der Waals surface area contributed by atoms with Crippen molar-refractivity contribution in [2.24, 2.45) is 0 Å². The quantitative estimate of drug-likeness (QED) is 0.731. The van der Waals surface area contributed by atoms with E-state index in [4.69, 9.17) is 5.26 Å². The van der Waals surface area contributed by atoms with E-state index in [2.05, 4.69) is 33.8 Å². The maximum Gasteiger partial charge on any atom is 0.177 e. The first-order valence-corrected chi connectivity index (χ1v) is 6.01. The minimum absolute atomic E-state index is 0.0404. The normalized spacial score (nSPS) is 10.6. The second-order valence-corrected chi connectivity index (χ2v) is 4.91. The van der Waals surface area contributed by atoms with E-state index in [1.165, 1.54) is 0 Å². The molecular formula is C15H19NO. The van der Waals surface area contributed by atoms with Crippen LogP contribution in [0.25, 0.3) is 0 Å². The molecule has 0 aliphatic heterocycles. The molecule has 0 unspecified atom stereocenters. The lowest BCUT2D eigenvalue weighted by molar-refractivity contribution is 0.0996. The molecule has 0 bridgehead atoms. The molecular weight excluding hydrogens is 210 g/mol. The molecule has 90 valence electrons. The highest BCUT2D eigenvalue weighted by Crippen LogP contribution is 2.25. The third kappa shape index (κ3) is 3.17. The third-order valence-corrected chi connectivity index (χ3v) is 2.91. The van der Waals surface area contributed by atoms with Gasteiger partial charge in [-0.15, -0.1) is 0 Å². The van der Waals surface area contributed by atoms with E-state index in [-0.39, 0.29) is 12.2 Å². The van der Waals surface area contributed by atoms with E-state index in [9.17, 15) is 4.79 Å². The summed E-state index contributed by atoms with van der Waals surface area (Å²) in [5, 5.41) is 8.64. The molecule has 0 N–H and O–H groups in total. The van der Waals surface area contributed by atoms with Crippen LogP contribution in [0.2, 0.25) is 0 Å². The first-order chi connectivity index (χ1) is 7.97. The van der Waals surface area contributed by atoms with Crippen LogP contribution in [0.15, 0.2) is 18.2 Å². The fourth-order valence-electron chi connectivity index (χ4n) is 1.84. The standard InChI is InChI=1S/C15H19NO/c1-10(2)12-5-6-13(11(3)4)14(9-12)15(17)7-8-16/h5-6,9-11H,7H2,1-4H3. The van der Waals surface area contributed by atoms with Crippen molar-refractivity contribution in [2.75, 3.05) is 0 Å². The average Bonchev–Trinajstić information content (AvgIpc) is 2.28. The van der Waals surface area contributed by atoms with Gasteiger partial charge >= 0.3 is 0 Å². The van der Waals surface area contributed by atoms with Crippen LogP contribution in [0.4, 0.5) is 0 Å². The SMILES string of the molecule is CC(C)c1ccc(C(C)C)c(C(=O)CC#N)c1. The zero-order valence-corrected chi connectivity index (χ0v) is 10.9. The molecule has 1 aromatic carbocycles. The third-order valence-electron chi connectivity index (χ3n) is 2.91. The summed E-state index contributed by atoms with van der Waals surface area (Å²) in [5.74, 6) is 0.623. The molecule has 0 atom stereocenters. The number of nitrogens with zero attached hydrogens (tertiary/aromatic N) is 1. The number of carbonyl (C=O) groups excluding carboxylic acids is 1. The second-order valence-electron chi connectivity index (χ2n) is 4.91. The van der Waals surface area contributed by atoms with Gasteiger partial charge in [0.05, 0.1) is 12.5 Å². The van der Waals surface area contributed by atoms with Crippen LogP contribution in [-0.2, 0) is 0 Å². The predicted molar refractivity (Wildman–Crippen MR) is 69.2 cm³/mol. The monoisotopic (exact) mass is 229 g/mol. The zero-order chi connectivity index (χ0) is 13.0. The molecule has 0 amide bonds. The van der Waals surface area contributed by atoms with E-state index in [0.29, 0.717) is 17.4 Å². The minimum Gasteiger partial charge on any atom is -0.293 e. The van der Waals surface area contributed by atoms with Gasteiger partial charge in [0, 0.05) is 5.56 Å². The molecule has 0 aromatic heterocycles. The van der Waals surface area contributed by atoms with E-state index < -0.39 is 0 Å². The molecule has 0 fully saturated rings. The van der Waals surface area contributed by atoms with Gasteiger partial charge < -0.3 is 0 Å². The number of carbonyl (C=O) groups is 1. The van der Waals surface area contributed by atoms with Crippen molar-refractivity contribution in [1.29, 1.82) is 5.26 Å². The summed E-state index contributed by atoms with van der Waals surface area (Å²) < 4.78 is 0. The van der Waals surface area contributed by atoms with Gasteiger partial charge in [0.15, 0.2) is 5.78 Å². The average molecular weight is 229 g/mol. The Hall–Kier alpha value is -1.62. The largest absolute Gasteiger partial charge is 0.293 e. The minimum atomic E-state index is -0.0706. The van der Waals surface area contributed by atoms with Gasteiger partial charge in [-0.1, -0.05) is 39.8 Å². The van der Waals surface area contributed by atoms with Crippen molar-refractivity contribution < 1.29 is 4.79 Å². The Balaban J connectivity index is 3.26. The maximum absolute atomic E-state index is 11.9. The Morgan fingerprint density at radius 1 is 1.24 bits per heavy atom. The summed E-state index contributed by atoms with van der Waals surface area (Å²) in [6.45, 7) is 8.33. The van der Waals surface area contributed by atoms with Crippen LogP contribution in [0.5, 0.6) is 0 Å². The number of ketones is 1. The van der Waals surface area contributed by atoms with E-state index in [1.807, 2.05) is 18.2 Å². The number of rotatable bonds is 4. The van der Waals surface area contributed by atoms with Crippen molar-refractivity contribution in [3.05, 3.63) is 34.9 Å².